The van der Waals surface area contributed by atoms with E-state index in [1.807, 2.05) is 17.8 Å². The van der Waals surface area contributed by atoms with Gasteiger partial charge < -0.3 is 4.57 Å². The summed E-state index contributed by atoms with van der Waals surface area (Å²) < 4.78 is 42.3. The Morgan fingerprint density at radius 2 is 1.69 bits per heavy atom. The molecular weight excluding hydrogens is 532 g/mol. The molecule has 184 valence electrons. The molecule has 0 saturated heterocycles. The van der Waals surface area contributed by atoms with Gasteiger partial charge in [-0.25, -0.2) is 14.5 Å². The monoisotopic (exact) mass is 548 g/mol. The molecule has 36 heavy (non-hydrogen) atoms. The van der Waals surface area contributed by atoms with Gasteiger partial charge in [0.15, 0.2) is 5.65 Å². The normalized spacial score (nSPS) is 11.3. The van der Waals surface area contributed by atoms with E-state index in [9.17, 15) is 18.0 Å². The van der Waals surface area contributed by atoms with E-state index in [0.717, 1.165) is 11.0 Å². The highest BCUT2D eigenvalue weighted by molar-refractivity contribution is 7.99. The Labute approximate surface area is 218 Å². The highest BCUT2D eigenvalue weighted by Crippen LogP contribution is 2.35. The van der Waals surface area contributed by atoms with Gasteiger partial charge in [0.25, 0.3) is 5.56 Å². The molecule has 0 fully saturated rings. The molecule has 5 rings (SSSR count). The number of alkyl halides is 3. The van der Waals surface area contributed by atoms with Gasteiger partial charge in [-0.1, -0.05) is 47.1 Å². The summed E-state index contributed by atoms with van der Waals surface area (Å²) in [6.07, 6.45) is 1.80. The van der Waals surface area contributed by atoms with Crippen LogP contribution in [-0.2, 0) is 13.3 Å². The molecule has 3 aromatic heterocycles. The van der Waals surface area contributed by atoms with Crippen molar-refractivity contribution in [2.24, 2.45) is 7.05 Å². The number of aryl methyl sites for hydroxylation is 1. The van der Waals surface area contributed by atoms with E-state index in [0.29, 0.717) is 26.1 Å². The van der Waals surface area contributed by atoms with Crippen molar-refractivity contribution in [2.45, 2.75) is 16.1 Å². The Bertz CT molecular complexity index is 1550. The predicted molar refractivity (Wildman–Crippen MR) is 137 cm³/mol. The summed E-state index contributed by atoms with van der Waals surface area (Å²) in [5.74, 6) is 0. The molecule has 0 N–H and O–H groups in total. The van der Waals surface area contributed by atoms with Crippen LogP contribution in [0.2, 0.25) is 10.0 Å². The molecule has 0 spiro atoms. The molecule has 0 saturated carbocycles. The minimum atomic E-state index is -4.90. The van der Waals surface area contributed by atoms with E-state index in [1.54, 1.807) is 67.1 Å². The van der Waals surface area contributed by atoms with Gasteiger partial charge in [0.05, 0.1) is 6.33 Å². The number of fused-ring (bicyclic) bond motifs is 1. The summed E-state index contributed by atoms with van der Waals surface area (Å²) in [5.41, 5.74) is -0.834. The summed E-state index contributed by atoms with van der Waals surface area (Å²) in [5, 5.41) is 1.17. The quantitative estimate of drug-likeness (QED) is 0.235. The fourth-order valence-corrected chi connectivity index (χ4v) is 4.49. The Kier molecular flexibility index (Phi) is 7.73. The molecule has 0 aliphatic carbocycles. The van der Waals surface area contributed by atoms with Crippen LogP contribution in [0.25, 0.3) is 22.2 Å². The Hall–Kier alpha value is -3.27. The van der Waals surface area contributed by atoms with Gasteiger partial charge in [-0.2, -0.15) is 0 Å². The first-order valence-corrected chi connectivity index (χ1v) is 11.9. The van der Waals surface area contributed by atoms with Gasteiger partial charge in [0, 0.05) is 56.9 Å². The molecular formula is C25H17Cl2F3N4OS. The average Bonchev–Trinajstić information content (AvgIpc) is 3.30. The lowest BCUT2D eigenvalue weighted by atomic mass is 10.0. The van der Waals surface area contributed by atoms with Crippen molar-refractivity contribution in [3.05, 3.63) is 106 Å². The van der Waals surface area contributed by atoms with Crippen molar-refractivity contribution >= 4 is 46.0 Å². The molecule has 0 bridgehead atoms. The van der Waals surface area contributed by atoms with Crippen LogP contribution in [0.5, 0.6) is 0 Å². The van der Waals surface area contributed by atoms with Gasteiger partial charge in [0.1, 0.15) is 0 Å². The number of aromatic nitrogens is 4. The largest absolute Gasteiger partial charge is 0.493 e. The lowest BCUT2D eigenvalue weighted by Gasteiger charge is -2.16. The zero-order valence-electron chi connectivity index (χ0n) is 18.6. The van der Waals surface area contributed by atoms with Crippen LogP contribution in [0, 0.1) is 0 Å². The molecule has 0 atom stereocenters. The van der Waals surface area contributed by atoms with Crippen LogP contribution in [0.15, 0.2) is 100 Å². The van der Waals surface area contributed by atoms with Crippen LogP contribution in [-0.4, -0.2) is 19.1 Å². The third kappa shape index (κ3) is 6.10. The van der Waals surface area contributed by atoms with Crippen molar-refractivity contribution in [1.29, 1.82) is 0 Å². The second-order valence-corrected chi connectivity index (χ2v) is 9.56. The van der Waals surface area contributed by atoms with Crippen molar-refractivity contribution < 1.29 is 13.2 Å². The standard InChI is InChI=1S/C21H11Cl2F3N2OS.C4H6N2/c22-13-4-6-15(7-5-13)30-16-9-18-17(12-2-1-3-14(23)8-12)10-19(29)28(21(24,25)26)20(18)27-11-16;1-6-3-2-5-4-6/h1-11H;2-4H,1H3. The van der Waals surface area contributed by atoms with Crippen molar-refractivity contribution in [1.82, 2.24) is 19.1 Å². The lowest BCUT2D eigenvalue weighted by Crippen LogP contribution is -2.31. The van der Waals surface area contributed by atoms with Gasteiger partial charge in [-0.15, -0.1) is 13.2 Å². The number of pyridine rings is 2. The number of imidazole rings is 1. The smallest absolute Gasteiger partial charge is 0.341 e. The van der Waals surface area contributed by atoms with Gasteiger partial charge >= 0.3 is 6.30 Å². The number of benzene rings is 2. The maximum atomic E-state index is 13.5. The van der Waals surface area contributed by atoms with E-state index in [4.69, 9.17) is 23.2 Å². The molecule has 0 radical (unpaired) electrons. The number of halogens is 5. The van der Waals surface area contributed by atoms with Crippen LogP contribution in [0.4, 0.5) is 13.2 Å². The van der Waals surface area contributed by atoms with Gasteiger partial charge in [-0.05, 0) is 53.6 Å². The van der Waals surface area contributed by atoms with Gasteiger partial charge in [0.2, 0.25) is 0 Å². The molecule has 5 aromatic rings. The SMILES string of the molecule is Cn1ccnc1.O=c1cc(-c2cccc(Cl)c2)c2cc(Sc3ccc(Cl)cc3)cnc2n1C(F)(F)F. The van der Waals surface area contributed by atoms with Gasteiger partial charge in [-0.3, -0.25) is 4.79 Å². The molecule has 5 nitrogen and oxygen atoms in total. The highest BCUT2D eigenvalue weighted by atomic mass is 35.5. The molecule has 3 heterocycles. The number of nitrogens with zero attached hydrogens (tertiary/aromatic N) is 4. The Morgan fingerprint density at radius 3 is 2.28 bits per heavy atom. The minimum Gasteiger partial charge on any atom is -0.341 e. The fraction of sp³-hybridized carbons (Fsp3) is 0.0800. The minimum absolute atomic E-state index is 0.188. The highest BCUT2D eigenvalue weighted by Gasteiger charge is 2.35. The summed E-state index contributed by atoms with van der Waals surface area (Å²) >= 11 is 13.3. The van der Waals surface area contributed by atoms with Crippen LogP contribution < -0.4 is 5.56 Å². The Morgan fingerprint density at radius 1 is 0.944 bits per heavy atom. The van der Waals surface area contributed by atoms with E-state index >= 15 is 0 Å². The third-order valence-electron chi connectivity index (χ3n) is 4.91. The van der Waals surface area contributed by atoms with Crippen LogP contribution in [0.3, 0.4) is 0 Å². The van der Waals surface area contributed by atoms with E-state index in [1.165, 1.54) is 18.0 Å². The molecule has 0 amide bonds. The average molecular weight is 549 g/mol. The van der Waals surface area contributed by atoms with E-state index < -0.39 is 17.5 Å². The zero-order chi connectivity index (χ0) is 25.9. The van der Waals surface area contributed by atoms with Crippen molar-refractivity contribution in [3.63, 3.8) is 0 Å². The first kappa shape index (κ1) is 25.8. The second-order valence-electron chi connectivity index (χ2n) is 7.54. The first-order chi connectivity index (χ1) is 17.1. The summed E-state index contributed by atoms with van der Waals surface area (Å²) in [4.78, 5) is 21.6. The zero-order valence-corrected chi connectivity index (χ0v) is 20.9. The van der Waals surface area contributed by atoms with E-state index in [2.05, 4.69) is 9.97 Å². The number of hydrogen-bond acceptors (Lipinski definition) is 4. The molecule has 0 aliphatic heterocycles. The molecule has 11 heteroatoms. The fourth-order valence-electron chi connectivity index (χ4n) is 3.35. The topological polar surface area (TPSA) is 52.7 Å². The molecule has 0 aliphatic rings. The summed E-state index contributed by atoms with van der Waals surface area (Å²) in [7, 11) is 1.94. The predicted octanol–water partition coefficient (Wildman–Crippen LogP) is 7.42. The van der Waals surface area contributed by atoms with Crippen molar-refractivity contribution in [3.8, 4) is 11.1 Å². The number of rotatable bonds is 3. The molecule has 0 unspecified atom stereocenters. The summed E-state index contributed by atoms with van der Waals surface area (Å²) in [6, 6.07) is 16.2. The maximum absolute atomic E-state index is 13.5. The van der Waals surface area contributed by atoms with Crippen LogP contribution in [0.1, 0.15) is 0 Å². The van der Waals surface area contributed by atoms with Crippen molar-refractivity contribution in [2.75, 3.05) is 0 Å². The third-order valence-corrected chi connectivity index (χ3v) is 6.36. The first-order valence-electron chi connectivity index (χ1n) is 10.4. The maximum Gasteiger partial charge on any atom is 0.493 e. The van der Waals surface area contributed by atoms with E-state index in [-0.39, 0.29) is 9.95 Å². The van der Waals surface area contributed by atoms with Crippen LogP contribution >= 0.6 is 35.0 Å². The number of hydrogen-bond donors (Lipinski definition) is 0. The summed E-state index contributed by atoms with van der Waals surface area (Å²) in [6.45, 7) is 0. The Balaban J connectivity index is 0.000000445. The lowest BCUT2D eigenvalue weighted by molar-refractivity contribution is -0.203. The molecule has 2 aromatic carbocycles. The second kappa shape index (κ2) is 10.8.